The van der Waals surface area contributed by atoms with E-state index in [2.05, 4.69) is 21.2 Å². The summed E-state index contributed by atoms with van der Waals surface area (Å²) in [6.07, 6.45) is -0.845. The molecule has 0 aliphatic heterocycles. The molecule has 0 radical (unpaired) electrons. The van der Waals surface area contributed by atoms with Gasteiger partial charge in [0.1, 0.15) is 17.4 Å². The van der Waals surface area contributed by atoms with Gasteiger partial charge in [0.15, 0.2) is 0 Å². The SMILES string of the molecule is COc1ccc(C(O)CNc2cc(F)c(Br)cc2F)cc1. The van der Waals surface area contributed by atoms with Crippen LogP contribution in [0.25, 0.3) is 0 Å². The normalized spacial score (nSPS) is 12.0. The van der Waals surface area contributed by atoms with E-state index in [1.54, 1.807) is 31.4 Å². The highest BCUT2D eigenvalue weighted by Gasteiger charge is 2.11. The molecule has 112 valence electrons. The molecule has 0 aliphatic carbocycles. The van der Waals surface area contributed by atoms with Gasteiger partial charge in [-0.2, -0.15) is 0 Å². The van der Waals surface area contributed by atoms with Crippen LogP contribution in [0.3, 0.4) is 0 Å². The number of aliphatic hydroxyl groups excluding tert-OH is 1. The summed E-state index contributed by atoms with van der Waals surface area (Å²) in [5.74, 6) is -0.483. The Morgan fingerprint density at radius 1 is 1.19 bits per heavy atom. The molecule has 2 aromatic carbocycles. The average molecular weight is 358 g/mol. The second-order valence-corrected chi connectivity index (χ2v) is 5.27. The molecule has 2 N–H and O–H groups in total. The standard InChI is InChI=1S/C15H14BrF2NO2/c1-21-10-4-2-9(3-5-10)15(20)8-19-14-7-12(17)11(16)6-13(14)18/h2-7,15,19-20H,8H2,1H3. The lowest BCUT2D eigenvalue weighted by molar-refractivity contribution is 0.191. The van der Waals surface area contributed by atoms with Crippen molar-refractivity contribution in [1.29, 1.82) is 0 Å². The van der Waals surface area contributed by atoms with Gasteiger partial charge < -0.3 is 15.2 Å². The van der Waals surface area contributed by atoms with E-state index in [0.717, 1.165) is 12.1 Å². The lowest BCUT2D eigenvalue weighted by Gasteiger charge is -2.14. The molecule has 0 heterocycles. The first-order valence-electron chi connectivity index (χ1n) is 6.21. The van der Waals surface area contributed by atoms with Crippen molar-refractivity contribution in [3.63, 3.8) is 0 Å². The van der Waals surface area contributed by atoms with Crippen LogP contribution >= 0.6 is 15.9 Å². The third kappa shape index (κ3) is 3.92. The summed E-state index contributed by atoms with van der Waals surface area (Å²) >= 11 is 2.91. The molecule has 2 aromatic rings. The monoisotopic (exact) mass is 357 g/mol. The van der Waals surface area contributed by atoms with Gasteiger partial charge in [0, 0.05) is 12.6 Å². The van der Waals surface area contributed by atoms with Crippen molar-refractivity contribution in [2.75, 3.05) is 19.0 Å². The van der Waals surface area contributed by atoms with Crippen LogP contribution in [0.4, 0.5) is 14.5 Å². The lowest BCUT2D eigenvalue weighted by atomic mass is 10.1. The molecule has 1 unspecified atom stereocenters. The molecule has 0 aliphatic rings. The maximum absolute atomic E-state index is 13.6. The molecule has 0 saturated carbocycles. The highest BCUT2D eigenvalue weighted by molar-refractivity contribution is 9.10. The zero-order valence-electron chi connectivity index (χ0n) is 11.2. The quantitative estimate of drug-likeness (QED) is 0.797. The molecule has 0 spiro atoms. The van der Waals surface area contributed by atoms with E-state index in [4.69, 9.17) is 4.74 Å². The molecule has 0 fully saturated rings. The smallest absolute Gasteiger partial charge is 0.147 e. The number of benzene rings is 2. The Balaban J connectivity index is 2.03. The van der Waals surface area contributed by atoms with Crippen molar-refractivity contribution in [3.05, 3.63) is 58.1 Å². The van der Waals surface area contributed by atoms with Crippen LogP contribution in [0.2, 0.25) is 0 Å². The Bertz CT molecular complexity index is 620. The van der Waals surface area contributed by atoms with E-state index in [-0.39, 0.29) is 16.7 Å². The number of halogens is 3. The summed E-state index contributed by atoms with van der Waals surface area (Å²) in [7, 11) is 1.55. The van der Waals surface area contributed by atoms with Crippen molar-refractivity contribution in [2.24, 2.45) is 0 Å². The van der Waals surface area contributed by atoms with E-state index in [9.17, 15) is 13.9 Å². The number of hydrogen-bond donors (Lipinski definition) is 2. The third-order valence-corrected chi connectivity index (χ3v) is 3.60. The molecule has 3 nitrogen and oxygen atoms in total. The molecular formula is C15H14BrF2NO2. The summed E-state index contributed by atoms with van der Waals surface area (Å²) < 4.78 is 32.1. The van der Waals surface area contributed by atoms with Gasteiger partial charge in [-0.3, -0.25) is 0 Å². The summed E-state index contributed by atoms with van der Waals surface area (Å²) in [6, 6.07) is 8.95. The fourth-order valence-electron chi connectivity index (χ4n) is 1.81. The first-order valence-corrected chi connectivity index (χ1v) is 7.01. The highest BCUT2D eigenvalue weighted by atomic mass is 79.9. The predicted molar refractivity (Wildman–Crippen MR) is 80.5 cm³/mol. The third-order valence-electron chi connectivity index (χ3n) is 3.00. The van der Waals surface area contributed by atoms with Gasteiger partial charge in [-0.25, -0.2) is 8.78 Å². The Morgan fingerprint density at radius 2 is 1.86 bits per heavy atom. The summed E-state index contributed by atoms with van der Waals surface area (Å²) in [4.78, 5) is 0. The van der Waals surface area contributed by atoms with E-state index in [1.165, 1.54) is 0 Å². The minimum absolute atomic E-state index is 0.00302. The first-order chi connectivity index (χ1) is 10.0. The van der Waals surface area contributed by atoms with Crippen LogP contribution in [0.15, 0.2) is 40.9 Å². The topological polar surface area (TPSA) is 41.5 Å². The van der Waals surface area contributed by atoms with Crippen molar-refractivity contribution in [3.8, 4) is 5.75 Å². The zero-order chi connectivity index (χ0) is 15.4. The molecule has 0 amide bonds. The Morgan fingerprint density at radius 3 is 2.48 bits per heavy atom. The molecule has 6 heteroatoms. The molecule has 21 heavy (non-hydrogen) atoms. The highest BCUT2D eigenvalue weighted by Crippen LogP contribution is 2.24. The van der Waals surface area contributed by atoms with Gasteiger partial charge in [-0.1, -0.05) is 12.1 Å². The Labute approximate surface area is 129 Å². The number of anilines is 1. The Hall–Kier alpha value is -1.66. The van der Waals surface area contributed by atoms with Crippen molar-refractivity contribution < 1.29 is 18.6 Å². The number of ether oxygens (including phenoxy) is 1. The van der Waals surface area contributed by atoms with Gasteiger partial charge >= 0.3 is 0 Å². The number of nitrogens with one attached hydrogen (secondary N) is 1. The molecular weight excluding hydrogens is 344 g/mol. The molecule has 1 atom stereocenters. The van der Waals surface area contributed by atoms with Crippen molar-refractivity contribution in [2.45, 2.75) is 6.10 Å². The number of hydrogen-bond acceptors (Lipinski definition) is 3. The van der Waals surface area contributed by atoms with Crippen molar-refractivity contribution >= 4 is 21.6 Å². The van der Waals surface area contributed by atoms with E-state index < -0.39 is 17.7 Å². The molecule has 0 aromatic heterocycles. The summed E-state index contributed by atoms with van der Waals surface area (Å²) in [6.45, 7) is 0.0598. The number of methoxy groups -OCH3 is 1. The van der Waals surface area contributed by atoms with E-state index in [0.29, 0.717) is 11.3 Å². The van der Waals surface area contributed by atoms with E-state index >= 15 is 0 Å². The van der Waals surface area contributed by atoms with Gasteiger partial charge in [-0.15, -0.1) is 0 Å². The van der Waals surface area contributed by atoms with E-state index in [1.807, 2.05) is 0 Å². The molecule has 0 bridgehead atoms. The predicted octanol–water partition coefficient (Wildman–Crippen LogP) is 3.88. The Kier molecular flexibility index (Phi) is 5.14. The molecule has 0 saturated heterocycles. The maximum atomic E-state index is 13.6. The van der Waals surface area contributed by atoms with Gasteiger partial charge in [0.25, 0.3) is 0 Å². The summed E-state index contributed by atoms with van der Waals surface area (Å²) in [5.41, 5.74) is 0.657. The van der Waals surface area contributed by atoms with Gasteiger partial charge in [0.05, 0.1) is 23.4 Å². The van der Waals surface area contributed by atoms with Crippen LogP contribution in [0.5, 0.6) is 5.75 Å². The van der Waals surface area contributed by atoms with Gasteiger partial charge in [-0.05, 0) is 39.7 Å². The zero-order valence-corrected chi connectivity index (χ0v) is 12.8. The van der Waals surface area contributed by atoms with Crippen LogP contribution in [0, 0.1) is 11.6 Å². The largest absolute Gasteiger partial charge is 0.497 e. The minimum atomic E-state index is -0.845. The lowest BCUT2D eigenvalue weighted by Crippen LogP contribution is -2.13. The second kappa shape index (κ2) is 6.87. The van der Waals surface area contributed by atoms with Crippen LogP contribution in [-0.2, 0) is 0 Å². The van der Waals surface area contributed by atoms with Crippen LogP contribution < -0.4 is 10.1 Å². The summed E-state index contributed by atoms with van der Waals surface area (Å²) in [5, 5.41) is 12.7. The van der Waals surface area contributed by atoms with Crippen LogP contribution in [0.1, 0.15) is 11.7 Å². The van der Waals surface area contributed by atoms with Crippen LogP contribution in [-0.4, -0.2) is 18.8 Å². The number of aliphatic hydroxyl groups is 1. The minimum Gasteiger partial charge on any atom is -0.497 e. The first kappa shape index (κ1) is 15.7. The number of rotatable bonds is 5. The fraction of sp³-hybridized carbons (Fsp3) is 0.200. The second-order valence-electron chi connectivity index (χ2n) is 4.42. The van der Waals surface area contributed by atoms with Gasteiger partial charge in [0.2, 0.25) is 0 Å². The fourth-order valence-corrected chi connectivity index (χ4v) is 2.12. The molecule has 2 rings (SSSR count). The average Bonchev–Trinajstić information content (AvgIpc) is 2.49. The maximum Gasteiger partial charge on any atom is 0.147 e. The van der Waals surface area contributed by atoms with Crippen molar-refractivity contribution in [1.82, 2.24) is 0 Å².